The van der Waals surface area contributed by atoms with Crippen molar-refractivity contribution in [1.29, 1.82) is 0 Å². The number of carbonyl (C=O) groups is 10. The van der Waals surface area contributed by atoms with Gasteiger partial charge in [-0.25, -0.2) is 28.8 Å². The van der Waals surface area contributed by atoms with Crippen LogP contribution in [0.15, 0.2) is 45.9 Å². The first-order valence-corrected chi connectivity index (χ1v) is 29.2. The summed E-state index contributed by atoms with van der Waals surface area (Å²) in [4.78, 5) is 117. The van der Waals surface area contributed by atoms with Crippen molar-refractivity contribution in [2.24, 2.45) is 0 Å². The van der Waals surface area contributed by atoms with Gasteiger partial charge in [0.25, 0.3) is 0 Å². The lowest BCUT2D eigenvalue weighted by Gasteiger charge is -2.15. The number of rotatable bonds is 48. The number of thioether (sulfide) groups is 4. The lowest BCUT2D eigenvalue weighted by atomic mass is 10.2. The monoisotopic (exact) mass is 1180 g/mol. The van der Waals surface area contributed by atoms with Gasteiger partial charge in [-0.1, -0.05) is 31.6 Å². The maximum absolute atomic E-state index is 12.2. The van der Waals surface area contributed by atoms with E-state index in [1.165, 1.54) is 71.4 Å². The standard InChI is InChI=1S/C54H70O21S4/c1-4-23-65-44(42-74-49(59)21-38-78-34-13-9-7-11-32-76-36-19-47(57)68-26-17-30-72-53(63)40-51(61)70-28-15-24-66-45(55)5-2)43-75-50(60)22-39-79-35-14-10-8-12-33-77-37-20-48(58)69-27-18-31-73-54(64)41-52(62)71-29-16-25-67-46(56)6-3/h1-3,19-22,36-39,44H,7-18,23-35,40-43H2/b36-19?,37-20?,38-21+,39-22?. The Morgan fingerprint density at radius 2 is 0.633 bits per heavy atom. The molecule has 0 bridgehead atoms. The predicted molar refractivity (Wildman–Crippen MR) is 297 cm³/mol. The Balaban J connectivity index is 3.90. The molecule has 0 radical (unpaired) electrons. The lowest BCUT2D eigenvalue weighted by Crippen LogP contribution is -2.28. The van der Waals surface area contributed by atoms with Crippen molar-refractivity contribution in [3.63, 3.8) is 0 Å². The van der Waals surface area contributed by atoms with Crippen LogP contribution in [0.3, 0.4) is 0 Å². The van der Waals surface area contributed by atoms with E-state index in [-0.39, 0.29) is 98.4 Å². The van der Waals surface area contributed by atoms with Gasteiger partial charge in [0.2, 0.25) is 0 Å². The molecule has 436 valence electrons. The molecule has 0 saturated carbocycles. The minimum absolute atomic E-state index is 0.0184. The second-order valence-corrected chi connectivity index (χ2v) is 19.5. The van der Waals surface area contributed by atoms with E-state index < -0.39 is 78.6 Å². The van der Waals surface area contributed by atoms with Crippen molar-refractivity contribution in [3.8, 4) is 37.0 Å². The SMILES string of the molecule is C#CCOC(COC(=O)C=CSCCCCCCSC=CC(=O)OCCCOC(=O)CC(=O)OCCCOC(=O)C#C)COC(=O)/C=C/SCCCCCCSC=CC(=O)OCCCOC(=O)CC(=O)OCCCOC(=O)C#C. The van der Waals surface area contributed by atoms with Gasteiger partial charge in [-0.15, -0.1) is 66.3 Å². The quantitative estimate of drug-likeness (QED) is 0.0126. The molecule has 0 aliphatic rings. The molecule has 0 aliphatic heterocycles. The zero-order chi connectivity index (χ0) is 58.2. The highest BCUT2D eigenvalue weighted by molar-refractivity contribution is 8.02. The molecule has 0 spiro atoms. The lowest BCUT2D eigenvalue weighted by molar-refractivity contribution is -0.157. The molecule has 0 aromatic carbocycles. The van der Waals surface area contributed by atoms with E-state index in [0.29, 0.717) is 0 Å². The summed E-state index contributed by atoms with van der Waals surface area (Å²) in [6, 6.07) is 0. The van der Waals surface area contributed by atoms with Crippen molar-refractivity contribution >= 4 is 107 Å². The van der Waals surface area contributed by atoms with Gasteiger partial charge in [-0.2, -0.15) is 0 Å². The van der Waals surface area contributed by atoms with Crippen LogP contribution in [-0.2, 0) is 100 Å². The molecule has 0 saturated heterocycles. The fraction of sp³-hybridized carbons (Fsp3) is 0.556. The minimum Gasteiger partial charge on any atom is -0.465 e. The van der Waals surface area contributed by atoms with Gasteiger partial charge in [0, 0.05) is 61.8 Å². The van der Waals surface area contributed by atoms with Crippen LogP contribution in [0, 0.1) is 37.0 Å². The molecule has 0 aromatic heterocycles. The fourth-order valence-corrected chi connectivity index (χ4v) is 8.02. The van der Waals surface area contributed by atoms with Gasteiger partial charge < -0.3 is 52.1 Å². The molecule has 0 rings (SSSR count). The molecular weight excluding hydrogens is 1110 g/mol. The molecule has 25 heteroatoms. The van der Waals surface area contributed by atoms with Gasteiger partial charge in [0.1, 0.15) is 38.8 Å². The zero-order valence-corrected chi connectivity index (χ0v) is 47.4. The van der Waals surface area contributed by atoms with Crippen LogP contribution < -0.4 is 0 Å². The van der Waals surface area contributed by atoms with Crippen molar-refractivity contribution in [2.75, 3.05) is 95.7 Å². The van der Waals surface area contributed by atoms with Gasteiger partial charge in [0.15, 0.2) is 0 Å². The molecular formula is C54H70O21S4. The van der Waals surface area contributed by atoms with E-state index in [2.05, 4.69) is 15.4 Å². The average Bonchev–Trinajstić information content (AvgIpc) is 3.42. The van der Waals surface area contributed by atoms with Crippen LogP contribution in [0.2, 0.25) is 0 Å². The summed E-state index contributed by atoms with van der Waals surface area (Å²) in [5, 5.41) is 6.65. The Bertz CT molecular complexity index is 1950. The topological polar surface area (TPSA) is 272 Å². The maximum atomic E-state index is 12.2. The van der Waals surface area contributed by atoms with E-state index in [9.17, 15) is 47.9 Å². The molecule has 0 aromatic rings. The van der Waals surface area contributed by atoms with Crippen LogP contribution in [0.25, 0.3) is 0 Å². The van der Waals surface area contributed by atoms with Gasteiger partial charge >= 0.3 is 59.7 Å². The van der Waals surface area contributed by atoms with Crippen LogP contribution in [0.4, 0.5) is 0 Å². The smallest absolute Gasteiger partial charge is 0.384 e. The number of ether oxygens (including phenoxy) is 11. The van der Waals surface area contributed by atoms with Crippen molar-refractivity contribution < 1.29 is 100 Å². The third-order valence-corrected chi connectivity index (χ3v) is 12.4. The second-order valence-electron chi connectivity index (χ2n) is 15.5. The Kier molecular flexibility index (Phi) is 49.4. The Morgan fingerprint density at radius 1 is 0.354 bits per heavy atom. The highest BCUT2D eigenvalue weighted by Crippen LogP contribution is 2.14. The third-order valence-electron chi connectivity index (χ3n) is 8.95. The number of carbonyl (C=O) groups excluding carboxylic acids is 10. The van der Waals surface area contributed by atoms with Crippen LogP contribution in [0.5, 0.6) is 0 Å². The minimum atomic E-state index is -0.818. The van der Waals surface area contributed by atoms with Crippen molar-refractivity contribution in [3.05, 3.63) is 45.9 Å². The van der Waals surface area contributed by atoms with Crippen LogP contribution >= 0.6 is 47.0 Å². The van der Waals surface area contributed by atoms with E-state index in [1.54, 1.807) is 33.5 Å². The molecule has 79 heavy (non-hydrogen) atoms. The molecule has 1 unspecified atom stereocenters. The van der Waals surface area contributed by atoms with Crippen molar-refractivity contribution in [1.82, 2.24) is 0 Å². The first-order chi connectivity index (χ1) is 38.3. The number of esters is 10. The molecule has 0 amide bonds. The summed E-state index contributed by atoms with van der Waals surface area (Å²) in [6.45, 7) is -0.541. The fourth-order valence-electron chi connectivity index (χ4n) is 5.17. The first-order valence-electron chi connectivity index (χ1n) is 25.0. The Labute approximate surface area is 479 Å². The summed E-state index contributed by atoms with van der Waals surface area (Å²) >= 11 is 5.92. The number of hydrogen-bond donors (Lipinski definition) is 0. The van der Waals surface area contributed by atoms with E-state index in [1.807, 2.05) is 0 Å². The molecule has 0 N–H and O–H groups in total. The van der Waals surface area contributed by atoms with Crippen LogP contribution in [0.1, 0.15) is 89.9 Å². The Hall–Kier alpha value is -6.30. The maximum Gasteiger partial charge on any atom is 0.384 e. The third kappa shape index (κ3) is 52.2. The molecule has 1 atom stereocenters. The summed E-state index contributed by atoms with van der Waals surface area (Å²) in [7, 11) is 0. The normalized spacial score (nSPS) is 11.2. The molecule has 0 aliphatic carbocycles. The number of unbranched alkanes of at least 4 members (excludes halogenated alkanes) is 6. The van der Waals surface area contributed by atoms with E-state index >= 15 is 0 Å². The van der Waals surface area contributed by atoms with Gasteiger partial charge in [-0.05, 0) is 70.3 Å². The highest BCUT2D eigenvalue weighted by Gasteiger charge is 2.16. The highest BCUT2D eigenvalue weighted by atomic mass is 32.2. The predicted octanol–water partition coefficient (Wildman–Crippen LogP) is 6.15. The average molecular weight is 1180 g/mol. The van der Waals surface area contributed by atoms with E-state index in [4.69, 9.17) is 61.9 Å². The van der Waals surface area contributed by atoms with E-state index in [0.717, 1.165) is 74.4 Å². The largest absolute Gasteiger partial charge is 0.465 e. The Morgan fingerprint density at radius 3 is 0.924 bits per heavy atom. The first kappa shape index (κ1) is 72.7. The molecule has 0 fully saturated rings. The zero-order valence-electron chi connectivity index (χ0n) is 44.1. The summed E-state index contributed by atoms with van der Waals surface area (Å²) in [6.07, 6.45) is 27.1. The number of terminal acetylenes is 3. The summed E-state index contributed by atoms with van der Waals surface area (Å²) in [5.74, 6) is 2.20. The summed E-state index contributed by atoms with van der Waals surface area (Å²) < 4.78 is 54.9. The second kappa shape index (κ2) is 53.7. The van der Waals surface area contributed by atoms with Crippen molar-refractivity contribution in [2.45, 2.75) is 96.0 Å². The van der Waals surface area contributed by atoms with Gasteiger partial charge in [0.05, 0.1) is 52.9 Å². The molecule has 21 nitrogen and oxygen atoms in total. The molecule has 0 heterocycles. The number of hydrogen-bond acceptors (Lipinski definition) is 25. The van der Waals surface area contributed by atoms with Crippen LogP contribution in [-0.4, -0.2) is 161 Å². The summed E-state index contributed by atoms with van der Waals surface area (Å²) in [5.41, 5.74) is 0. The van der Waals surface area contributed by atoms with Gasteiger partial charge in [-0.3, -0.25) is 19.2 Å².